The van der Waals surface area contributed by atoms with Gasteiger partial charge in [0.2, 0.25) is 0 Å². The molecule has 142 valence electrons. The number of ether oxygens (including phenoxy) is 2. The summed E-state index contributed by atoms with van der Waals surface area (Å²) in [5.74, 6) is 0.292. The van der Waals surface area contributed by atoms with E-state index in [0.29, 0.717) is 5.01 Å². The molecule has 0 aliphatic rings. The molecule has 0 aliphatic carbocycles. The summed E-state index contributed by atoms with van der Waals surface area (Å²) in [6.45, 7) is 2.30. The summed E-state index contributed by atoms with van der Waals surface area (Å²) in [6, 6.07) is 7.36. The van der Waals surface area contributed by atoms with Gasteiger partial charge in [-0.1, -0.05) is 0 Å². The van der Waals surface area contributed by atoms with Crippen molar-refractivity contribution < 1.29 is 27.4 Å². The van der Waals surface area contributed by atoms with Gasteiger partial charge in [-0.25, -0.2) is 4.98 Å². The van der Waals surface area contributed by atoms with Gasteiger partial charge in [0.05, 0.1) is 12.7 Å². The lowest BCUT2D eigenvalue weighted by atomic mass is 10.2. The minimum atomic E-state index is -4.37. The molecule has 0 atom stereocenters. The monoisotopic (exact) mass is 388 g/mol. The highest BCUT2D eigenvalue weighted by atomic mass is 32.1. The van der Waals surface area contributed by atoms with Gasteiger partial charge in [0.25, 0.3) is 5.91 Å². The average molecular weight is 388 g/mol. The standard InChI is InChI=1S/C17H19F3N2O3S/c1-11(2)25-13-5-3-12(4-6-13)16-22-14(9-26-16)15(23)21-7-8-24-10-17(18,19)20/h3-6,9,11H,7-8,10H2,1-2H3,(H,21,23). The molecule has 0 saturated carbocycles. The van der Waals surface area contributed by atoms with Crippen molar-refractivity contribution in [2.45, 2.75) is 26.1 Å². The number of hydrogen-bond acceptors (Lipinski definition) is 5. The number of carbonyl (C=O) groups is 1. The topological polar surface area (TPSA) is 60.5 Å². The molecule has 0 saturated heterocycles. The number of nitrogens with zero attached hydrogens (tertiary/aromatic N) is 1. The SMILES string of the molecule is CC(C)Oc1ccc(-c2nc(C(=O)NCCOCC(F)(F)F)cs2)cc1. The number of benzene rings is 1. The van der Waals surface area contributed by atoms with Crippen molar-refractivity contribution in [2.75, 3.05) is 19.8 Å². The number of halogens is 3. The fraction of sp³-hybridized carbons (Fsp3) is 0.412. The van der Waals surface area contributed by atoms with E-state index in [1.807, 2.05) is 38.1 Å². The Labute approximate surface area is 153 Å². The average Bonchev–Trinajstić information content (AvgIpc) is 3.03. The number of carbonyl (C=O) groups excluding carboxylic acids is 1. The summed E-state index contributed by atoms with van der Waals surface area (Å²) in [6.07, 6.45) is -4.29. The maximum atomic E-state index is 12.0. The number of rotatable bonds is 8. The largest absolute Gasteiger partial charge is 0.491 e. The van der Waals surface area contributed by atoms with Crippen LogP contribution in [0.1, 0.15) is 24.3 Å². The fourth-order valence-corrected chi connectivity index (χ4v) is 2.78. The molecule has 0 fully saturated rings. The second-order valence-corrected chi connectivity index (χ2v) is 6.51. The van der Waals surface area contributed by atoms with Crippen LogP contribution in [0.15, 0.2) is 29.6 Å². The van der Waals surface area contributed by atoms with Crippen LogP contribution in [0.25, 0.3) is 10.6 Å². The molecule has 1 aromatic carbocycles. The molecule has 0 spiro atoms. The molecule has 26 heavy (non-hydrogen) atoms. The smallest absolute Gasteiger partial charge is 0.411 e. The van der Waals surface area contributed by atoms with Crippen LogP contribution in [-0.4, -0.2) is 42.9 Å². The van der Waals surface area contributed by atoms with Gasteiger partial charge in [0.15, 0.2) is 0 Å². The predicted molar refractivity (Wildman–Crippen MR) is 92.5 cm³/mol. The van der Waals surface area contributed by atoms with E-state index < -0.39 is 18.7 Å². The molecule has 2 rings (SSSR count). The van der Waals surface area contributed by atoms with Crippen molar-refractivity contribution in [2.24, 2.45) is 0 Å². The van der Waals surface area contributed by atoms with Crippen molar-refractivity contribution in [1.82, 2.24) is 10.3 Å². The van der Waals surface area contributed by atoms with Crippen molar-refractivity contribution in [3.05, 3.63) is 35.3 Å². The zero-order valence-electron chi connectivity index (χ0n) is 14.3. The minimum Gasteiger partial charge on any atom is -0.491 e. The summed E-state index contributed by atoms with van der Waals surface area (Å²) in [4.78, 5) is 16.2. The molecule has 0 unspecified atom stereocenters. The third kappa shape index (κ3) is 6.64. The number of hydrogen-bond donors (Lipinski definition) is 1. The Morgan fingerprint density at radius 3 is 2.58 bits per heavy atom. The molecule has 5 nitrogen and oxygen atoms in total. The highest BCUT2D eigenvalue weighted by molar-refractivity contribution is 7.13. The van der Waals surface area contributed by atoms with Crippen LogP contribution in [0.4, 0.5) is 13.2 Å². The summed E-state index contributed by atoms with van der Waals surface area (Å²) >= 11 is 1.31. The van der Waals surface area contributed by atoms with Crippen molar-refractivity contribution in [3.8, 4) is 16.3 Å². The Bertz CT molecular complexity index is 715. The number of aromatic nitrogens is 1. The molecule has 1 heterocycles. The Kier molecular flexibility index (Phi) is 6.98. The van der Waals surface area contributed by atoms with Crippen LogP contribution in [0, 0.1) is 0 Å². The van der Waals surface area contributed by atoms with Gasteiger partial charge in [0, 0.05) is 17.5 Å². The van der Waals surface area contributed by atoms with E-state index in [4.69, 9.17) is 4.74 Å². The van der Waals surface area contributed by atoms with Gasteiger partial charge in [-0.15, -0.1) is 11.3 Å². The zero-order chi connectivity index (χ0) is 19.2. The highest BCUT2D eigenvalue weighted by Gasteiger charge is 2.27. The van der Waals surface area contributed by atoms with Crippen LogP contribution in [0.2, 0.25) is 0 Å². The second kappa shape index (κ2) is 9.00. The van der Waals surface area contributed by atoms with Gasteiger partial charge in [0.1, 0.15) is 23.1 Å². The molecule has 0 aliphatic heterocycles. The Balaban J connectivity index is 1.85. The third-order valence-corrected chi connectivity index (χ3v) is 3.90. The predicted octanol–water partition coefficient (Wildman–Crippen LogP) is 3.91. The number of nitrogens with one attached hydrogen (secondary N) is 1. The lowest BCUT2D eigenvalue weighted by Crippen LogP contribution is -2.29. The van der Waals surface area contributed by atoms with Crippen molar-refractivity contribution in [1.29, 1.82) is 0 Å². The first-order chi connectivity index (χ1) is 12.2. The number of alkyl halides is 3. The van der Waals surface area contributed by atoms with Crippen LogP contribution < -0.4 is 10.1 Å². The van der Waals surface area contributed by atoms with Crippen molar-refractivity contribution >= 4 is 17.2 Å². The van der Waals surface area contributed by atoms with Crippen LogP contribution in [0.3, 0.4) is 0 Å². The van der Waals surface area contributed by atoms with E-state index in [9.17, 15) is 18.0 Å². The first kappa shape index (κ1) is 20.2. The summed E-state index contributed by atoms with van der Waals surface area (Å²) in [7, 11) is 0. The molecule has 2 aromatic rings. The lowest BCUT2D eigenvalue weighted by molar-refractivity contribution is -0.173. The molecule has 9 heteroatoms. The first-order valence-corrected chi connectivity index (χ1v) is 8.78. The van der Waals surface area contributed by atoms with E-state index in [1.165, 1.54) is 11.3 Å². The summed E-state index contributed by atoms with van der Waals surface area (Å²) < 4.78 is 45.8. The first-order valence-electron chi connectivity index (χ1n) is 7.90. The van der Waals surface area contributed by atoms with E-state index in [1.54, 1.807) is 5.38 Å². The molecular formula is C17H19F3N2O3S. The molecular weight excluding hydrogens is 369 g/mol. The lowest BCUT2D eigenvalue weighted by Gasteiger charge is -2.09. The van der Waals surface area contributed by atoms with Gasteiger partial charge in [-0.3, -0.25) is 4.79 Å². The molecule has 1 N–H and O–H groups in total. The number of amides is 1. The van der Waals surface area contributed by atoms with E-state index >= 15 is 0 Å². The maximum absolute atomic E-state index is 12.0. The van der Waals surface area contributed by atoms with Gasteiger partial charge < -0.3 is 14.8 Å². The summed E-state index contributed by atoms with van der Waals surface area (Å²) in [5.41, 5.74) is 1.06. The third-order valence-electron chi connectivity index (χ3n) is 3.01. The Morgan fingerprint density at radius 1 is 1.27 bits per heavy atom. The van der Waals surface area contributed by atoms with E-state index in [2.05, 4.69) is 15.0 Å². The Morgan fingerprint density at radius 2 is 1.96 bits per heavy atom. The quantitative estimate of drug-likeness (QED) is 0.697. The number of thiazole rings is 1. The van der Waals surface area contributed by atoms with Gasteiger partial charge in [-0.2, -0.15) is 13.2 Å². The highest BCUT2D eigenvalue weighted by Crippen LogP contribution is 2.26. The molecule has 1 aromatic heterocycles. The molecule has 0 radical (unpaired) electrons. The molecule has 0 bridgehead atoms. The molecule has 1 amide bonds. The zero-order valence-corrected chi connectivity index (χ0v) is 15.1. The van der Waals surface area contributed by atoms with Gasteiger partial charge in [-0.05, 0) is 38.1 Å². The maximum Gasteiger partial charge on any atom is 0.411 e. The van der Waals surface area contributed by atoms with Gasteiger partial charge >= 0.3 is 6.18 Å². The Hall–Kier alpha value is -2.13. The summed E-state index contributed by atoms with van der Waals surface area (Å²) in [5, 5.41) is 4.74. The second-order valence-electron chi connectivity index (χ2n) is 5.65. The normalized spacial score (nSPS) is 11.6. The van der Waals surface area contributed by atoms with Crippen LogP contribution in [-0.2, 0) is 4.74 Å². The van der Waals surface area contributed by atoms with E-state index in [-0.39, 0.29) is 24.9 Å². The van der Waals surface area contributed by atoms with Crippen molar-refractivity contribution in [3.63, 3.8) is 0 Å². The fourth-order valence-electron chi connectivity index (χ4n) is 1.97. The van der Waals surface area contributed by atoms with Crippen LogP contribution >= 0.6 is 11.3 Å². The minimum absolute atomic E-state index is 0.0248. The van der Waals surface area contributed by atoms with Crippen LogP contribution in [0.5, 0.6) is 5.75 Å². The van der Waals surface area contributed by atoms with E-state index in [0.717, 1.165) is 11.3 Å².